The number of nitrogens with two attached hydrogens (primary N) is 1. The van der Waals surface area contributed by atoms with Gasteiger partial charge in [-0.15, -0.1) is 0 Å². The summed E-state index contributed by atoms with van der Waals surface area (Å²) in [5.74, 6) is -3.66. The maximum absolute atomic E-state index is 15.2. The highest BCUT2D eigenvalue weighted by Gasteiger charge is 2.57. The molecule has 238 valence electrons. The molecule has 1 fully saturated rings. The van der Waals surface area contributed by atoms with Crippen molar-refractivity contribution in [1.82, 2.24) is 20.1 Å². The van der Waals surface area contributed by atoms with Crippen molar-refractivity contribution >= 4 is 45.9 Å². The Morgan fingerprint density at radius 2 is 1.91 bits per heavy atom. The molecule has 1 aliphatic rings. The van der Waals surface area contributed by atoms with Gasteiger partial charge in [0.15, 0.2) is 11.6 Å². The summed E-state index contributed by atoms with van der Waals surface area (Å²) in [7, 11) is 1.36. The molecule has 2 aromatic carbocycles. The third kappa shape index (κ3) is 5.97. The third-order valence-corrected chi connectivity index (χ3v) is 7.99. The number of ether oxygens (including phenoxy) is 2. The van der Waals surface area contributed by atoms with Crippen LogP contribution in [0.25, 0.3) is 22.2 Å². The quantitative estimate of drug-likeness (QED) is 0.148. The zero-order valence-corrected chi connectivity index (χ0v) is 25.1. The van der Waals surface area contributed by atoms with E-state index in [-0.39, 0.29) is 29.0 Å². The van der Waals surface area contributed by atoms with Crippen LogP contribution in [-0.2, 0) is 5.60 Å². The van der Waals surface area contributed by atoms with Gasteiger partial charge >= 0.3 is 6.18 Å². The number of rotatable bonds is 10. The first kappa shape index (κ1) is 32.3. The Hall–Kier alpha value is -4.14. The van der Waals surface area contributed by atoms with Crippen molar-refractivity contribution in [2.75, 3.05) is 20.3 Å². The van der Waals surface area contributed by atoms with Gasteiger partial charge in [-0.2, -0.15) is 18.3 Å². The number of hydrogen-bond donors (Lipinski definition) is 3. The molecule has 1 aliphatic carbocycles. The number of hydrogen-bond acceptors (Lipinski definition) is 7. The standard InChI is InChI=1S/C29H25Cl2F4N5O5/c1-3-45-25-17(26(36)41)10-20(38-24(25)16-6-7-18(30)21(31)22(16)32)28(43,29(33,34)35)12-37-27(42)13-8-14-11-40(15-4-5-15)39-23(14)19(9-13)44-2/h6-11,15,43H,3-5,12H2,1-2H3,(H2,36,41)(H,37,42)/t28-/m0/s1. The van der Waals surface area contributed by atoms with Gasteiger partial charge in [-0.1, -0.05) is 23.2 Å². The monoisotopic (exact) mass is 669 g/mol. The number of carbonyl (C=O) groups is 2. The average molecular weight is 670 g/mol. The minimum atomic E-state index is -5.48. The van der Waals surface area contributed by atoms with E-state index in [4.69, 9.17) is 38.4 Å². The summed E-state index contributed by atoms with van der Waals surface area (Å²) in [6.07, 6.45) is -1.89. The van der Waals surface area contributed by atoms with Crippen molar-refractivity contribution in [2.24, 2.45) is 5.73 Å². The molecule has 2 aromatic heterocycles. The fraction of sp³-hybridized carbons (Fsp3) is 0.310. The summed E-state index contributed by atoms with van der Waals surface area (Å²) in [6, 6.07) is 5.75. The second-order valence-electron chi connectivity index (χ2n) is 10.3. The van der Waals surface area contributed by atoms with Gasteiger partial charge < -0.3 is 25.6 Å². The van der Waals surface area contributed by atoms with E-state index in [1.807, 2.05) is 0 Å². The molecule has 1 atom stereocenters. The van der Waals surface area contributed by atoms with Crippen molar-refractivity contribution < 1.29 is 41.7 Å². The molecule has 0 spiro atoms. The van der Waals surface area contributed by atoms with Crippen LogP contribution < -0.4 is 20.5 Å². The highest BCUT2D eigenvalue weighted by atomic mass is 35.5. The lowest BCUT2D eigenvalue weighted by Crippen LogP contribution is -2.51. The van der Waals surface area contributed by atoms with E-state index in [2.05, 4.69) is 15.4 Å². The van der Waals surface area contributed by atoms with Crippen LogP contribution >= 0.6 is 23.2 Å². The van der Waals surface area contributed by atoms with E-state index in [1.165, 1.54) is 26.2 Å². The second kappa shape index (κ2) is 12.0. The summed E-state index contributed by atoms with van der Waals surface area (Å²) in [6.45, 7) is -0.0811. The fourth-order valence-corrected chi connectivity index (χ4v) is 5.00. The Morgan fingerprint density at radius 3 is 2.51 bits per heavy atom. The van der Waals surface area contributed by atoms with Crippen LogP contribution in [0, 0.1) is 5.82 Å². The summed E-state index contributed by atoms with van der Waals surface area (Å²) >= 11 is 11.8. The maximum Gasteiger partial charge on any atom is 0.424 e. The Bertz CT molecular complexity index is 1830. The average Bonchev–Trinajstić information content (AvgIpc) is 3.76. The summed E-state index contributed by atoms with van der Waals surface area (Å²) < 4.78 is 71.7. The number of carbonyl (C=O) groups excluding carboxylic acids is 2. The largest absolute Gasteiger partial charge is 0.494 e. The highest BCUT2D eigenvalue weighted by Crippen LogP contribution is 2.43. The minimum absolute atomic E-state index is 0.0738. The number of benzene rings is 2. The van der Waals surface area contributed by atoms with E-state index < -0.39 is 69.2 Å². The first-order valence-electron chi connectivity index (χ1n) is 13.5. The van der Waals surface area contributed by atoms with Crippen LogP contribution in [0.1, 0.15) is 52.2 Å². The zero-order valence-electron chi connectivity index (χ0n) is 23.6. The molecule has 10 nitrogen and oxygen atoms in total. The van der Waals surface area contributed by atoms with Crippen LogP contribution in [-0.4, -0.2) is 58.1 Å². The van der Waals surface area contributed by atoms with Crippen molar-refractivity contribution in [2.45, 2.75) is 37.6 Å². The molecular formula is C29H25Cl2F4N5O5. The van der Waals surface area contributed by atoms with E-state index >= 15 is 4.39 Å². The van der Waals surface area contributed by atoms with Crippen LogP contribution in [0.5, 0.6) is 11.5 Å². The van der Waals surface area contributed by atoms with Crippen molar-refractivity contribution in [3.63, 3.8) is 0 Å². The predicted octanol–water partition coefficient (Wildman–Crippen LogP) is 5.57. The number of pyridine rings is 1. The topological polar surface area (TPSA) is 142 Å². The SMILES string of the molecule is CCOc1c(C(N)=O)cc([C@@](O)(CNC(=O)c2cc(OC)c3nn(C4CC4)cc3c2)C(F)(F)F)nc1-c1ccc(Cl)c(Cl)c1F. The summed E-state index contributed by atoms with van der Waals surface area (Å²) in [5, 5.41) is 17.5. The number of nitrogens with zero attached hydrogens (tertiary/aromatic N) is 3. The van der Waals surface area contributed by atoms with Crippen LogP contribution in [0.15, 0.2) is 36.5 Å². The molecule has 2 amide bonds. The first-order valence-corrected chi connectivity index (χ1v) is 14.2. The number of nitrogens with one attached hydrogen (secondary N) is 1. The molecule has 0 radical (unpaired) electrons. The molecule has 0 aliphatic heterocycles. The van der Waals surface area contributed by atoms with E-state index in [9.17, 15) is 27.9 Å². The molecule has 5 rings (SSSR count). The summed E-state index contributed by atoms with van der Waals surface area (Å²) in [4.78, 5) is 29.5. The van der Waals surface area contributed by atoms with Crippen molar-refractivity contribution in [1.29, 1.82) is 0 Å². The molecular weight excluding hydrogens is 645 g/mol. The Labute approximate surface area is 263 Å². The Kier molecular flexibility index (Phi) is 8.59. The lowest BCUT2D eigenvalue weighted by Gasteiger charge is -2.31. The van der Waals surface area contributed by atoms with E-state index in [0.717, 1.165) is 25.0 Å². The van der Waals surface area contributed by atoms with Gasteiger partial charge in [-0.3, -0.25) is 14.3 Å². The van der Waals surface area contributed by atoms with Gasteiger partial charge in [-0.05, 0) is 50.1 Å². The van der Waals surface area contributed by atoms with Crippen molar-refractivity contribution in [3.05, 3.63) is 69.2 Å². The minimum Gasteiger partial charge on any atom is -0.494 e. The normalized spacial score (nSPS) is 14.7. The molecule has 4 aromatic rings. The van der Waals surface area contributed by atoms with Gasteiger partial charge in [0.1, 0.15) is 17.0 Å². The number of alkyl halides is 3. The molecule has 0 bridgehead atoms. The van der Waals surface area contributed by atoms with Crippen LogP contribution in [0.2, 0.25) is 10.0 Å². The Balaban J connectivity index is 1.58. The van der Waals surface area contributed by atoms with Crippen molar-refractivity contribution in [3.8, 4) is 22.8 Å². The number of halogens is 6. The van der Waals surface area contributed by atoms with Crippen LogP contribution in [0.3, 0.4) is 0 Å². The number of methoxy groups -OCH3 is 1. The lowest BCUT2D eigenvalue weighted by atomic mass is 9.94. The smallest absolute Gasteiger partial charge is 0.424 e. The number of aliphatic hydroxyl groups is 1. The predicted molar refractivity (Wildman–Crippen MR) is 156 cm³/mol. The van der Waals surface area contributed by atoms with Gasteiger partial charge in [0, 0.05) is 22.7 Å². The fourth-order valence-electron chi connectivity index (χ4n) is 4.69. The lowest BCUT2D eigenvalue weighted by molar-refractivity contribution is -0.265. The number of aromatic nitrogens is 3. The second-order valence-corrected chi connectivity index (χ2v) is 11.0. The van der Waals surface area contributed by atoms with Crippen LogP contribution in [0.4, 0.5) is 17.6 Å². The molecule has 0 unspecified atom stereocenters. The number of fused-ring (bicyclic) bond motifs is 1. The first-order chi connectivity index (χ1) is 21.2. The number of amides is 2. The van der Waals surface area contributed by atoms with Gasteiger partial charge in [0.25, 0.3) is 11.8 Å². The molecule has 2 heterocycles. The molecule has 1 saturated carbocycles. The zero-order chi connectivity index (χ0) is 32.8. The summed E-state index contributed by atoms with van der Waals surface area (Å²) in [5.41, 5.74) is -0.963. The molecule has 0 saturated heterocycles. The molecule has 16 heteroatoms. The number of primary amides is 1. The Morgan fingerprint density at radius 1 is 1.20 bits per heavy atom. The highest BCUT2D eigenvalue weighted by molar-refractivity contribution is 6.42. The van der Waals surface area contributed by atoms with E-state index in [0.29, 0.717) is 17.0 Å². The maximum atomic E-state index is 15.2. The van der Waals surface area contributed by atoms with Gasteiger partial charge in [-0.25, -0.2) is 9.37 Å². The van der Waals surface area contributed by atoms with Gasteiger partial charge in [0.2, 0.25) is 5.60 Å². The van der Waals surface area contributed by atoms with Gasteiger partial charge in [0.05, 0.1) is 47.6 Å². The third-order valence-electron chi connectivity index (χ3n) is 7.21. The van der Waals surface area contributed by atoms with E-state index in [1.54, 1.807) is 10.9 Å². The molecule has 45 heavy (non-hydrogen) atoms. The molecule has 4 N–H and O–H groups in total.